The van der Waals surface area contributed by atoms with Crippen LogP contribution < -0.4 is 5.32 Å². The number of rotatable bonds is 1. The Morgan fingerprint density at radius 2 is 1.92 bits per heavy atom. The molecule has 0 aliphatic carbocycles. The van der Waals surface area contributed by atoms with Crippen molar-refractivity contribution in [1.82, 2.24) is 15.3 Å². The van der Waals surface area contributed by atoms with Gasteiger partial charge in [-0.05, 0) is 25.9 Å². The molecule has 0 radical (unpaired) electrons. The quantitative estimate of drug-likeness (QED) is 0.762. The lowest BCUT2D eigenvalue weighted by atomic mass is 9.95. The van der Waals surface area contributed by atoms with Crippen LogP contribution in [0.4, 0.5) is 0 Å². The van der Waals surface area contributed by atoms with Crippen LogP contribution in [0.2, 0.25) is 0 Å². The third-order valence-corrected chi connectivity index (χ3v) is 2.28. The molecule has 1 aromatic rings. The molecule has 0 unspecified atom stereocenters. The molecule has 2 rings (SSSR count). The summed E-state index contributed by atoms with van der Waals surface area (Å²) in [6, 6.07) is 0. The molecule has 0 amide bonds. The van der Waals surface area contributed by atoms with Crippen molar-refractivity contribution >= 4 is 24.8 Å². The Hall–Kier alpha value is -0.250. The number of aromatic amines is 1. The Labute approximate surface area is 90.5 Å². The first-order valence-corrected chi connectivity index (χ1v) is 4.16. The lowest BCUT2D eigenvalue weighted by Gasteiger charge is -2.20. The number of nitrogens with zero attached hydrogens (tertiary/aromatic N) is 1. The molecule has 2 heterocycles. The Morgan fingerprint density at radius 3 is 2.46 bits per heavy atom. The highest BCUT2D eigenvalue weighted by Crippen LogP contribution is 2.22. The third kappa shape index (κ3) is 3.18. The molecule has 5 heteroatoms. The second kappa shape index (κ2) is 6.24. The molecule has 1 aliphatic heterocycles. The number of halogens is 2. The van der Waals surface area contributed by atoms with Gasteiger partial charge in [-0.15, -0.1) is 24.8 Å². The fourth-order valence-corrected chi connectivity index (χ4v) is 1.61. The van der Waals surface area contributed by atoms with Crippen molar-refractivity contribution in [3.8, 4) is 0 Å². The van der Waals surface area contributed by atoms with E-state index in [1.54, 1.807) is 6.33 Å². The van der Waals surface area contributed by atoms with Gasteiger partial charge in [0.1, 0.15) is 0 Å². The SMILES string of the molecule is Cl.Cl.c1nc(C2CCNCC2)c[nH]1. The van der Waals surface area contributed by atoms with Gasteiger partial charge in [0.15, 0.2) is 0 Å². The zero-order valence-corrected chi connectivity index (χ0v) is 8.96. The number of H-pyrrole nitrogens is 1. The van der Waals surface area contributed by atoms with E-state index in [0.29, 0.717) is 5.92 Å². The maximum atomic E-state index is 4.26. The summed E-state index contributed by atoms with van der Waals surface area (Å²) in [5.74, 6) is 0.683. The van der Waals surface area contributed by atoms with E-state index in [2.05, 4.69) is 15.3 Å². The Morgan fingerprint density at radius 1 is 1.23 bits per heavy atom. The monoisotopic (exact) mass is 223 g/mol. The highest BCUT2D eigenvalue weighted by Gasteiger charge is 2.15. The number of nitrogens with one attached hydrogen (secondary N) is 2. The first-order valence-electron chi connectivity index (χ1n) is 4.16. The number of imidazole rings is 1. The summed E-state index contributed by atoms with van der Waals surface area (Å²) in [4.78, 5) is 7.25. The van der Waals surface area contributed by atoms with Crippen LogP contribution >= 0.6 is 24.8 Å². The number of aromatic nitrogens is 2. The van der Waals surface area contributed by atoms with Crippen molar-refractivity contribution in [3.63, 3.8) is 0 Å². The van der Waals surface area contributed by atoms with Crippen LogP contribution in [0.15, 0.2) is 12.5 Å². The molecule has 0 spiro atoms. The van der Waals surface area contributed by atoms with Crippen LogP contribution in [0.25, 0.3) is 0 Å². The third-order valence-electron chi connectivity index (χ3n) is 2.28. The van der Waals surface area contributed by atoms with Gasteiger partial charge < -0.3 is 10.3 Å². The van der Waals surface area contributed by atoms with E-state index in [-0.39, 0.29) is 24.8 Å². The van der Waals surface area contributed by atoms with Crippen LogP contribution in [0.3, 0.4) is 0 Å². The molecule has 1 saturated heterocycles. The molecule has 0 bridgehead atoms. The second-order valence-electron chi connectivity index (χ2n) is 3.02. The number of hydrogen-bond donors (Lipinski definition) is 2. The van der Waals surface area contributed by atoms with E-state index in [9.17, 15) is 0 Å². The Balaban J connectivity index is 0.000000720. The van der Waals surface area contributed by atoms with Crippen LogP contribution in [-0.2, 0) is 0 Å². The van der Waals surface area contributed by atoms with Gasteiger partial charge in [-0.3, -0.25) is 0 Å². The zero-order chi connectivity index (χ0) is 7.52. The molecule has 1 aliphatic rings. The molecule has 1 fully saturated rings. The van der Waals surface area contributed by atoms with Gasteiger partial charge in [0, 0.05) is 12.1 Å². The fourth-order valence-electron chi connectivity index (χ4n) is 1.61. The van der Waals surface area contributed by atoms with Gasteiger partial charge in [-0.1, -0.05) is 0 Å². The average molecular weight is 224 g/mol. The van der Waals surface area contributed by atoms with Crippen molar-refractivity contribution in [2.75, 3.05) is 13.1 Å². The van der Waals surface area contributed by atoms with Gasteiger partial charge in [0.2, 0.25) is 0 Å². The van der Waals surface area contributed by atoms with E-state index in [0.717, 1.165) is 13.1 Å². The standard InChI is InChI=1S/C8H13N3.2ClH/c1-3-9-4-2-7(1)8-5-10-6-11-8;;/h5-7,9H,1-4H2,(H,10,11);2*1H. The molecule has 0 atom stereocenters. The summed E-state index contributed by atoms with van der Waals surface area (Å²) in [5, 5.41) is 3.34. The summed E-state index contributed by atoms with van der Waals surface area (Å²) >= 11 is 0. The smallest absolute Gasteiger partial charge is 0.0923 e. The molecule has 76 valence electrons. The summed E-state index contributed by atoms with van der Waals surface area (Å²) in [6.45, 7) is 2.27. The normalized spacial score (nSPS) is 17.2. The minimum atomic E-state index is 0. The van der Waals surface area contributed by atoms with Gasteiger partial charge in [0.25, 0.3) is 0 Å². The Kier molecular flexibility index (Phi) is 6.12. The van der Waals surface area contributed by atoms with Crippen molar-refractivity contribution in [1.29, 1.82) is 0 Å². The van der Waals surface area contributed by atoms with Gasteiger partial charge >= 0.3 is 0 Å². The zero-order valence-electron chi connectivity index (χ0n) is 7.32. The van der Waals surface area contributed by atoms with Crippen molar-refractivity contribution in [2.45, 2.75) is 18.8 Å². The average Bonchev–Trinajstić information content (AvgIpc) is 2.58. The largest absolute Gasteiger partial charge is 0.351 e. The van der Waals surface area contributed by atoms with Crippen LogP contribution in [-0.4, -0.2) is 23.1 Å². The van der Waals surface area contributed by atoms with E-state index in [4.69, 9.17) is 0 Å². The van der Waals surface area contributed by atoms with Crippen LogP contribution in [0.1, 0.15) is 24.5 Å². The summed E-state index contributed by atoms with van der Waals surface area (Å²) in [6.07, 6.45) is 6.23. The maximum Gasteiger partial charge on any atom is 0.0923 e. The maximum absolute atomic E-state index is 4.26. The predicted octanol–water partition coefficient (Wildman–Crippen LogP) is 1.72. The van der Waals surface area contributed by atoms with Crippen molar-refractivity contribution in [2.24, 2.45) is 0 Å². The fraction of sp³-hybridized carbons (Fsp3) is 0.625. The summed E-state index contributed by atoms with van der Waals surface area (Å²) in [5.41, 5.74) is 1.23. The van der Waals surface area contributed by atoms with E-state index in [1.807, 2.05) is 6.20 Å². The van der Waals surface area contributed by atoms with E-state index in [1.165, 1.54) is 18.5 Å². The second-order valence-corrected chi connectivity index (χ2v) is 3.02. The molecule has 0 aromatic carbocycles. The van der Waals surface area contributed by atoms with Crippen LogP contribution in [0, 0.1) is 0 Å². The lowest BCUT2D eigenvalue weighted by Crippen LogP contribution is -2.26. The van der Waals surface area contributed by atoms with Crippen molar-refractivity contribution in [3.05, 3.63) is 18.2 Å². The van der Waals surface area contributed by atoms with E-state index < -0.39 is 0 Å². The lowest BCUT2D eigenvalue weighted by molar-refractivity contribution is 0.454. The first-order chi connectivity index (χ1) is 5.47. The molecule has 1 aromatic heterocycles. The highest BCUT2D eigenvalue weighted by molar-refractivity contribution is 5.85. The first kappa shape index (κ1) is 12.8. The van der Waals surface area contributed by atoms with Gasteiger partial charge in [0.05, 0.1) is 12.0 Å². The van der Waals surface area contributed by atoms with E-state index >= 15 is 0 Å². The molecular weight excluding hydrogens is 209 g/mol. The predicted molar refractivity (Wildman–Crippen MR) is 57.9 cm³/mol. The topological polar surface area (TPSA) is 40.7 Å². The molecule has 3 nitrogen and oxygen atoms in total. The summed E-state index contributed by atoms with van der Waals surface area (Å²) < 4.78 is 0. The van der Waals surface area contributed by atoms with Crippen molar-refractivity contribution < 1.29 is 0 Å². The summed E-state index contributed by atoms with van der Waals surface area (Å²) in [7, 11) is 0. The van der Waals surface area contributed by atoms with Gasteiger partial charge in [-0.2, -0.15) is 0 Å². The number of hydrogen-bond acceptors (Lipinski definition) is 2. The highest BCUT2D eigenvalue weighted by atomic mass is 35.5. The molecule has 2 N–H and O–H groups in total. The minimum absolute atomic E-state index is 0. The minimum Gasteiger partial charge on any atom is -0.351 e. The Bertz CT molecular complexity index is 207. The molecule has 13 heavy (non-hydrogen) atoms. The van der Waals surface area contributed by atoms with Gasteiger partial charge in [-0.25, -0.2) is 4.98 Å². The molecular formula is C8H15Cl2N3. The van der Waals surface area contributed by atoms with Crippen LogP contribution in [0.5, 0.6) is 0 Å². The number of piperidine rings is 1. The molecule has 0 saturated carbocycles.